The van der Waals surface area contributed by atoms with Gasteiger partial charge in [-0.05, 0) is 43.3 Å². The molecule has 3 heterocycles. The van der Waals surface area contributed by atoms with Gasteiger partial charge in [-0.2, -0.15) is 4.98 Å². The highest BCUT2D eigenvalue weighted by atomic mass is 32.1. The lowest BCUT2D eigenvalue weighted by Gasteiger charge is -2.23. The van der Waals surface area contributed by atoms with E-state index in [4.69, 9.17) is 9.26 Å². The van der Waals surface area contributed by atoms with Crippen LogP contribution in [0.25, 0.3) is 11.5 Å². The predicted molar refractivity (Wildman–Crippen MR) is 102 cm³/mol. The molecule has 26 heavy (non-hydrogen) atoms. The third kappa shape index (κ3) is 4.38. The van der Waals surface area contributed by atoms with Crippen molar-refractivity contribution in [3.05, 3.63) is 58.0 Å². The number of hydrogen-bond acceptors (Lipinski definition) is 6. The summed E-state index contributed by atoms with van der Waals surface area (Å²) in [6, 6.07) is 12.4. The predicted octanol–water partition coefficient (Wildman–Crippen LogP) is 4.29. The summed E-state index contributed by atoms with van der Waals surface area (Å²) in [6.07, 6.45) is 2.58. The number of aryl methyl sites for hydroxylation is 1. The fourth-order valence-electron chi connectivity index (χ4n) is 3.22. The molecule has 1 fully saturated rings. The molecule has 0 bridgehead atoms. The number of rotatable bonds is 7. The molecule has 0 spiro atoms. The molecule has 4 rings (SSSR count). The van der Waals surface area contributed by atoms with Gasteiger partial charge in [-0.25, -0.2) is 0 Å². The van der Waals surface area contributed by atoms with E-state index in [1.54, 1.807) is 11.3 Å². The summed E-state index contributed by atoms with van der Waals surface area (Å²) in [5.74, 6) is 1.29. The van der Waals surface area contributed by atoms with Gasteiger partial charge in [0.05, 0.1) is 12.6 Å². The third-order valence-corrected chi connectivity index (χ3v) is 5.44. The molecule has 0 amide bonds. The van der Waals surface area contributed by atoms with Crippen LogP contribution in [0.4, 0.5) is 0 Å². The Labute approximate surface area is 157 Å². The van der Waals surface area contributed by atoms with Crippen LogP contribution in [0.5, 0.6) is 0 Å². The van der Waals surface area contributed by atoms with E-state index in [1.165, 1.54) is 10.4 Å². The number of thiophene rings is 1. The highest BCUT2D eigenvalue weighted by molar-refractivity contribution is 7.09. The molecular weight excluding hydrogens is 346 g/mol. The molecule has 1 aromatic carbocycles. The first kappa shape index (κ1) is 17.4. The number of hydrogen-bond donors (Lipinski definition) is 0. The Morgan fingerprint density at radius 1 is 1.19 bits per heavy atom. The van der Waals surface area contributed by atoms with Crippen molar-refractivity contribution in [2.75, 3.05) is 13.2 Å². The van der Waals surface area contributed by atoms with Gasteiger partial charge in [-0.3, -0.25) is 4.90 Å². The van der Waals surface area contributed by atoms with Crippen LogP contribution in [-0.2, 0) is 17.8 Å². The second kappa shape index (κ2) is 8.12. The van der Waals surface area contributed by atoms with Gasteiger partial charge in [-0.1, -0.05) is 28.9 Å². The van der Waals surface area contributed by atoms with Gasteiger partial charge in [0, 0.05) is 30.1 Å². The van der Waals surface area contributed by atoms with Crippen LogP contribution in [0.3, 0.4) is 0 Å². The van der Waals surface area contributed by atoms with Crippen LogP contribution in [-0.4, -0.2) is 34.3 Å². The fourth-order valence-corrected chi connectivity index (χ4v) is 3.96. The standard InChI is InChI=1S/C20H23N3O2S/c1-15-6-8-16(9-7-15)20-21-19(22-25-20)14-23(12-17-4-2-10-24-17)13-18-5-3-11-26-18/h3,5-9,11,17H,2,4,10,12-14H2,1H3. The van der Waals surface area contributed by atoms with Crippen molar-refractivity contribution in [3.8, 4) is 11.5 Å². The summed E-state index contributed by atoms with van der Waals surface area (Å²) >= 11 is 1.78. The summed E-state index contributed by atoms with van der Waals surface area (Å²) in [7, 11) is 0. The van der Waals surface area contributed by atoms with Crippen molar-refractivity contribution in [2.24, 2.45) is 0 Å². The Bertz CT molecular complexity index is 808. The first-order chi connectivity index (χ1) is 12.8. The van der Waals surface area contributed by atoms with Crippen LogP contribution in [0.2, 0.25) is 0 Å². The SMILES string of the molecule is Cc1ccc(-c2nc(CN(Cc3cccs3)CC3CCCO3)no2)cc1. The molecule has 0 radical (unpaired) electrons. The van der Waals surface area contributed by atoms with Crippen molar-refractivity contribution in [2.45, 2.75) is 39.0 Å². The van der Waals surface area contributed by atoms with Gasteiger partial charge >= 0.3 is 0 Å². The van der Waals surface area contributed by atoms with Crippen molar-refractivity contribution in [3.63, 3.8) is 0 Å². The van der Waals surface area contributed by atoms with Gasteiger partial charge in [0.1, 0.15) is 0 Å². The molecule has 0 saturated carbocycles. The highest BCUT2D eigenvalue weighted by Gasteiger charge is 2.21. The zero-order valence-electron chi connectivity index (χ0n) is 14.9. The summed E-state index contributed by atoms with van der Waals surface area (Å²) in [5, 5.41) is 6.31. The fraction of sp³-hybridized carbons (Fsp3) is 0.400. The molecule has 0 N–H and O–H groups in total. The minimum Gasteiger partial charge on any atom is -0.377 e. The number of nitrogens with zero attached hydrogens (tertiary/aromatic N) is 3. The Hall–Kier alpha value is -2.02. The number of aromatic nitrogens is 2. The van der Waals surface area contributed by atoms with E-state index in [2.05, 4.69) is 51.6 Å². The summed E-state index contributed by atoms with van der Waals surface area (Å²) in [4.78, 5) is 8.29. The number of benzene rings is 1. The first-order valence-corrected chi connectivity index (χ1v) is 9.90. The molecule has 6 heteroatoms. The maximum absolute atomic E-state index is 5.82. The average Bonchev–Trinajstić information content (AvgIpc) is 3.38. The maximum atomic E-state index is 5.82. The molecule has 0 aliphatic carbocycles. The van der Waals surface area contributed by atoms with Crippen LogP contribution in [0.1, 0.15) is 29.1 Å². The quantitative estimate of drug-likeness (QED) is 0.622. The lowest BCUT2D eigenvalue weighted by Crippen LogP contribution is -2.31. The second-order valence-corrected chi connectivity index (χ2v) is 7.80. The van der Waals surface area contributed by atoms with E-state index in [0.717, 1.165) is 43.9 Å². The van der Waals surface area contributed by atoms with Crippen molar-refractivity contribution in [1.82, 2.24) is 15.0 Å². The van der Waals surface area contributed by atoms with Crippen LogP contribution >= 0.6 is 11.3 Å². The second-order valence-electron chi connectivity index (χ2n) is 6.77. The van der Waals surface area contributed by atoms with Gasteiger partial charge in [0.25, 0.3) is 5.89 Å². The minimum atomic E-state index is 0.304. The molecule has 2 aromatic heterocycles. The van der Waals surface area contributed by atoms with E-state index in [-0.39, 0.29) is 0 Å². The van der Waals surface area contributed by atoms with Gasteiger partial charge in [0.2, 0.25) is 0 Å². The summed E-state index contributed by atoms with van der Waals surface area (Å²) in [6.45, 7) is 5.37. The summed E-state index contributed by atoms with van der Waals surface area (Å²) in [5.41, 5.74) is 2.17. The van der Waals surface area contributed by atoms with Crippen molar-refractivity contribution >= 4 is 11.3 Å². The zero-order valence-corrected chi connectivity index (χ0v) is 15.7. The van der Waals surface area contributed by atoms with Crippen molar-refractivity contribution in [1.29, 1.82) is 0 Å². The Kier molecular flexibility index (Phi) is 5.43. The molecule has 1 atom stereocenters. The smallest absolute Gasteiger partial charge is 0.257 e. The lowest BCUT2D eigenvalue weighted by atomic mass is 10.1. The monoisotopic (exact) mass is 369 g/mol. The van der Waals surface area contributed by atoms with E-state index < -0.39 is 0 Å². The van der Waals surface area contributed by atoms with E-state index >= 15 is 0 Å². The van der Waals surface area contributed by atoms with Gasteiger partial charge in [0.15, 0.2) is 5.82 Å². The van der Waals surface area contributed by atoms with Crippen LogP contribution < -0.4 is 0 Å². The average molecular weight is 369 g/mol. The largest absolute Gasteiger partial charge is 0.377 e. The Morgan fingerprint density at radius 2 is 2.08 bits per heavy atom. The lowest BCUT2D eigenvalue weighted by molar-refractivity contribution is 0.0671. The molecule has 5 nitrogen and oxygen atoms in total. The maximum Gasteiger partial charge on any atom is 0.257 e. The Balaban J connectivity index is 1.46. The zero-order chi connectivity index (χ0) is 17.8. The normalized spacial score (nSPS) is 17.2. The van der Waals surface area contributed by atoms with Crippen LogP contribution in [0, 0.1) is 6.92 Å². The van der Waals surface area contributed by atoms with Gasteiger partial charge < -0.3 is 9.26 Å². The molecule has 3 aromatic rings. The van der Waals surface area contributed by atoms with Crippen molar-refractivity contribution < 1.29 is 9.26 Å². The molecule has 1 saturated heterocycles. The first-order valence-electron chi connectivity index (χ1n) is 9.02. The van der Waals surface area contributed by atoms with Gasteiger partial charge in [-0.15, -0.1) is 11.3 Å². The van der Waals surface area contributed by atoms with Crippen LogP contribution in [0.15, 0.2) is 46.3 Å². The molecule has 1 unspecified atom stereocenters. The van der Waals surface area contributed by atoms with E-state index in [1.807, 2.05) is 12.1 Å². The van der Waals surface area contributed by atoms with E-state index in [0.29, 0.717) is 18.5 Å². The minimum absolute atomic E-state index is 0.304. The molecule has 1 aliphatic heterocycles. The topological polar surface area (TPSA) is 51.4 Å². The number of ether oxygens (including phenoxy) is 1. The molecule has 136 valence electrons. The highest BCUT2D eigenvalue weighted by Crippen LogP contribution is 2.21. The third-order valence-electron chi connectivity index (χ3n) is 4.58. The van der Waals surface area contributed by atoms with E-state index in [9.17, 15) is 0 Å². The molecular formula is C20H23N3O2S. The summed E-state index contributed by atoms with van der Waals surface area (Å²) < 4.78 is 11.3. The molecule has 1 aliphatic rings. The Morgan fingerprint density at radius 3 is 2.81 bits per heavy atom.